The summed E-state index contributed by atoms with van der Waals surface area (Å²) in [7, 11) is 0. The number of aromatic nitrogens is 4. The number of hydrogen-bond donors (Lipinski definition) is 1. The first-order valence-electron chi connectivity index (χ1n) is 11.9. The van der Waals surface area contributed by atoms with Crippen LogP contribution in [0.1, 0.15) is 19.9 Å². The van der Waals surface area contributed by atoms with Crippen LogP contribution in [0.4, 0.5) is 5.82 Å². The molecule has 1 aromatic carbocycles. The second-order valence-electron chi connectivity index (χ2n) is 8.76. The Kier molecular flexibility index (Phi) is 6.02. The molecule has 4 aromatic rings. The van der Waals surface area contributed by atoms with Crippen molar-refractivity contribution >= 4 is 27.8 Å². The lowest BCUT2D eigenvalue weighted by atomic mass is 10.1. The molecule has 0 unspecified atom stereocenters. The van der Waals surface area contributed by atoms with E-state index < -0.39 is 0 Å². The minimum atomic E-state index is 0.298. The van der Waals surface area contributed by atoms with Gasteiger partial charge in [-0.15, -0.1) is 0 Å². The second-order valence-corrected chi connectivity index (χ2v) is 8.76. The normalized spacial score (nSPS) is 14.5. The number of rotatable bonds is 8. The zero-order chi connectivity index (χ0) is 23.7. The molecule has 7 heteroatoms. The molecule has 0 amide bonds. The summed E-state index contributed by atoms with van der Waals surface area (Å²) in [4.78, 5) is 18.2. The number of nitrogen functional groups attached to an aromatic ring is 1. The van der Waals surface area contributed by atoms with Crippen molar-refractivity contribution in [1.29, 1.82) is 0 Å². The van der Waals surface area contributed by atoms with E-state index in [1.54, 1.807) is 6.33 Å². The summed E-state index contributed by atoms with van der Waals surface area (Å²) in [6.45, 7) is 13.5. The third-order valence-electron chi connectivity index (χ3n) is 6.77. The van der Waals surface area contributed by atoms with Gasteiger partial charge in [-0.1, -0.05) is 44.7 Å². The molecule has 2 N–H and O–H groups in total. The molecule has 0 atom stereocenters. The highest BCUT2D eigenvalue weighted by Gasteiger charge is 2.31. The number of para-hydroxylation sites is 1. The molecule has 174 valence electrons. The molecule has 4 heterocycles. The van der Waals surface area contributed by atoms with Gasteiger partial charge >= 0.3 is 0 Å². The van der Waals surface area contributed by atoms with E-state index in [1.807, 2.05) is 24.4 Å². The van der Waals surface area contributed by atoms with Crippen LogP contribution in [0.2, 0.25) is 0 Å². The lowest BCUT2D eigenvalue weighted by Gasteiger charge is -2.42. The SMILES string of the molecule is C=C(/C=C/CN(CC)CC)N1CC(n2cc(-c3cnc4ccccc4c3)c3c(N)ncnc32)C1. The fourth-order valence-corrected chi connectivity index (χ4v) is 4.61. The van der Waals surface area contributed by atoms with Gasteiger partial charge in [-0.3, -0.25) is 4.98 Å². The van der Waals surface area contributed by atoms with E-state index in [-0.39, 0.29) is 0 Å². The first-order chi connectivity index (χ1) is 16.6. The molecule has 0 saturated carbocycles. The Morgan fingerprint density at radius 3 is 2.76 bits per heavy atom. The van der Waals surface area contributed by atoms with Crippen LogP contribution < -0.4 is 5.73 Å². The van der Waals surface area contributed by atoms with Crippen LogP contribution in [0.15, 0.2) is 73.5 Å². The number of benzene rings is 1. The van der Waals surface area contributed by atoms with Crippen molar-refractivity contribution in [3.8, 4) is 11.1 Å². The number of fused-ring (bicyclic) bond motifs is 2. The number of allylic oxidation sites excluding steroid dienone is 1. The van der Waals surface area contributed by atoms with Gasteiger partial charge in [0.25, 0.3) is 0 Å². The summed E-state index contributed by atoms with van der Waals surface area (Å²) < 4.78 is 2.24. The molecule has 1 saturated heterocycles. The Hall–Kier alpha value is -3.71. The van der Waals surface area contributed by atoms with E-state index in [1.165, 1.54) is 0 Å². The predicted octanol–water partition coefficient (Wildman–Crippen LogP) is 4.50. The molecule has 0 radical (unpaired) electrons. The molecule has 1 aliphatic rings. The minimum absolute atomic E-state index is 0.298. The van der Waals surface area contributed by atoms with Crippen LogP contribution in [0.5, 0.6) is 0 Å². The molecule has 3 aromatic heterocycles. The van der Waals surface area contributed by atoms with Crippen LogP contribution in [0.3, 0.4) is 0 Å². The summed E-state index contributed by atoms with van der Waals surface area (Å²) in [6, 6.07) is 10.6. The maximum Gasteiger partial charge on any atom is 0.146 e. The fourth-order valence-electron chi connectivity index (χ4n) is 4.61. The van der Waals surface area contributed by atoms with Gasteiger partial charge in [-0.25, -0.2) is 9.97 Å². The Morgan fingerprint density at radius 2 is 1.97 bits per heavy atom. The van der Waals surface area contributed by atoms with E-state index in [0.717, 1.165) is 71.5 Å². The van der Waals surface area contributed by atoms with Crippen molar-refractivity contribution in [1.82, 2.24) is 29.3 Å². The van der Waals surface area contributed by atoms with Gasteiger partial charge in [-0.2, -0.15) is 0 Å². The van der Waals surface area contributed by atoms with Gasteiger partial charge in [-0.05, 0) is 31.3 Å². The first-order valence-corrected chi connectivity index (χ1v) is 11.9. The Balaban J connectivity index is 1.40. The van der Waals surface area contributed by atoms with Gasteiger partial charge in [0.1, 0.15) is 17.8 Å². The van der Waals surface area contributed by atoms with Crippen LogP contribution >= 0.6 is 0 Å². The van der Waals surface area contributed by atoms with Crippen molar-refractivity contribution in [2.75, 3.05) is 38.5 Å². The van der Waals surface area contributed by atoms with E-state index in [2.05, 4.69) is 80.2 Å². The summed E-state index contributed by atoms with van der Waals surface area (Å²) in [6.07, 6.45) is 9.94. The smallest absolute Gasteiger partial charge is 0.146 e. The maximum absolute atomic E-state index is 6.34. The number of anilines is 1. The molecule has 0 bridgehead atoms. The average Bonchev–Trinajstić information content (AvgIpc) is 3.21. The van der Waals surface area contributed by atoms with Crippen molar-refractivity contribution in [2.45, 2.75) is 19.9 Å². The lowest BCUT2D eigenvalue weighted by molar-refractivity contribution is 0.158. The van der Waals surface area contributed by atoms with Gasteiger partial charge in [0.2, 0.25) is 0 Å². The highest BCUT2D eigenvalue weighted by atomic mass is 15.3. The van der Waals surface area contributed by atoms with E-state index in [0.29, 0.717) is 11.9 Å². The van der Waals surface area contributed by atoms with Crippen LogP contribution in [-0.2, 0) is 0 Å². The number of likely N-dealkylation sites (tertiary alicyclic amines) is 1. The standard InChI is InChI=1S/C27H31N7/c1-4-32(5-2)12-8-9-19(3)33-15-22(16-33)34-17-23(25-26(28)30-18-31-27(25)34)21-13-20-10-6-7-11-24(20)29-14-21/h6-11,13-14,17-18,22H,3-5,12,15-16H2,1-2H3,(H2,28,30,31)/b9-8+. The van der Waals surface area contributed by atoms with Crippen molar-refractivity contribution < 1.29 is 0 Å². The van der Waals surface area contributed by atoms with Gasteiger partial charge in [0.05, 0.1) is 16.9 Å². The molecule has 34 heavy (non-hydrogen) atoms. The van der Waals surface area contributed by atoms with Crippen LogP contribution in [-0.4, -0.2) is 62.0 Å². The quantitative estimate of drug-likeness (QED) is 0.396. The van der Waals surface area contributed by atoms with E-state index in [4.69, 9.17) is 5.73 Å². The average molecular weight is 454 g/mol. The van der Waals surface area contributed by atoms with Crippen molar-refractivity contribution in [3.63, 3.8) is 0 Å². The molecular weight excluding hydrogens is 422 g/mol. The van der Waals surface area contributed by atoms with Crippen LogP contribution in [0.25, 0.3) is 33.1 Å². The highest BCUT2D eigenvalue weighted by molar-refractivity contribution is 6.01. The van der Waals surface area contributed by atoms with Crippen molar-refractivity contribution in [3.05, 3.63) is 73.5 Å². The van der Waals surface area contributed by atoms with Gasteiger partial charge < -0.3 is 20.1 Å². The van der Waals surface area contributed by atoms with Crippen LogP contribution in [0, 0.1) is 0 Å². The highest BCUT2D eigenvalue weighted by Crippen LogP contribution is 2.37. The number of nitrogens with two attached hydrogens (primary N) is 1. The largest absolute Gasteiger partial charge is 0.383 e. The summed E-state index contributed by atoms with van der Waals surface area (Å²) in [5, 5.41) is 1.98. The topological polar surface area (TPSA) is 76.1 Å². The lowest BCUT2D eigenvalue weighted by Crippen LogP contribution is -2.46. The molecule has 1 aliphatic heterocycles. The molecular formula is C27H31N7. The molecule has 5 rings (SSSR count). The Morgan fingerprint density at radius 1 is 1.18 bits per heavy atom. The Bertz CT molecular complexity index is 1360. The first kappa shape index (κ1) is 22.1. The molecule has 0 aliphatic carbocycles. The molecule has 1 fully saturated rings. The summed E-state index contributed by atoms with van der Waals surface area (Å²) >= 11 is 0. The third-order valence-corrected chi connectivity index (χ3v) is 6.77. The number of hydrogen-bond acceptors (Lipinski definition) is 6. The van der Waals surface area contributed by atoms with E-state index >= 15 is 0 Å². The number of pyridine rings is 1. The predicted molar refractivity (Wildman–Crippen MR) is 139 cm³/mol. The zero-order valence-electron chi connectivity index (χ0n) is 19.9. The summed E-state index contributed by atoms with van der Waals surface area (Å²) in [5.74, 6) is 0.492. The fraction of sp³-hybridized carbons (Fsp3) is 0.296. The zero-order valence-corrected chi connectivity index (χ0v) is 19.9. The second kappa shape index (κ2) is 9.27. The van der Waals surface area contributed by atoms with Gasteiger partial charge in [0, 0.05) is 54.2 Å². The monoisotopic (exact) mass is 453 g/mol. The van der Waals surface area contributed by atoms with E-state index in [9.17, 15) is 0 Å². The van der Waals surface area contributed by atoms with Crippen molar-refractivity contribution in [2.24, 2.45) is 0 Å². The minimum Gasteiger partial charge on any atom is -0.383 e. The van der Waals surface area contributed by atoms with Gasteiger partial charge in [0.15, 0.2) is 0 Å². The number of likely N-dealkylation sites (N-methyl/N-ethyl adjacent to an activating group) is 1. The number of nitrogens with zero attached hydrogens (tertiary/aromatic N) is 6. The maximum atomic E-state index is 6.34. The summed E-state index contributed by atoms with van der Waals surface area (Å²) in [5.41, 5.74) is 11.3. The third kappa shape index (κ3) is 4.03. The molecule has 7 nitrogen and oxygen atoms in total. The molecule has 0 spiro atoms. The Labute approximate surface area is 200 Å².